The predicted molar refractivity (Wildman–Crippen MR) is 83.8 cm³/mol. The van der Waals surface area contributed by atoms with Gasteiger partial charge < -0.3 is 10.2 Å². The van der Waals surface area contributed by atoms with E-state index in [1.165, 1.54) is 42.6 Å². The number of hydrogen-bond acceptors (Lipinski definition) is 2. The Morgan fingerprint density at radius 2 is 2.16 bits per heavy atom. The summed E-state index contributed by atoms with van der Waals surface area (Å²) in [6, 6.07) is 8.24. The number of anilines is 1. The van der Waals surface area contributed by atoms with Gasteiger partial charge in [-0.3, -0.25) is 0 Å². The topological polar surface area (TPSA) is 15.3 Å². The van der Waals surface area contributed by atoms with E-state index in [1.807, 2.05) is 0 Å². The number of rotatable bonds is 5. The quantitative estimate of drug-likeness (QED) is 0.864. The molecule has 19 heavy (non-hydrogen) atoms. The molecule has 1 heterocycles. The lowest BCUT2D eigenvalue weighted by Gasteiger charge is -2.28. The summed E-state index contributed by atoms with van der Waals surface area (Å²) in [5.41, 5.74) is 4.25. The molecule has 0 saturated carbocycles. The van der Waals surface area contributed by atoms with Gasteiger partial charge in [-0.1, -0.05) is 32.9 Å². The van der Waals surface area contributed by atoms with Crippen molar-refractivity contribution in [3.8, 4) is 0 Å². The molecule has 106 valence electrons. The van der Waals surface area contributed by atoms with Crippen LogP contribution in [0, 0.1) is 6.92 Å². The molecule has 2 nitrogen and oxygen atoms in total. The van der Waals surface area contributed by atoms with Crippen LogP contribution in [0.15, 0.2) is 18.2 Å². The molecule has 1 aliphatic heterocycles. The van der Waals surface area contributed by atoms with E-state index in [0.717, 1.165) is 12.6 Å². The number of nitrogens with one attached hydrogen (secondary N) is 1. The van der Waals surface area contributed by atoms with E-state index in [-0.39, 0.29) is 0 Å². The van der Waals surface area contributed by atoms with Gasteiger partial charge in [0, 0.05) is 30.9 Å². The highest BCUT2D eigenvalue weighted by molar-refractivity contribution is 5.56. The summed E-state index contributed by atoms with van der Waals surface area (Å²) in [5, 5.41) is 3.48. The number of hydrogen-bond donors (Lipinski definition) is 1. The Morgan fingerprint density at radius 3 is 2.79 bits per heavy atom. The SMILES string of the molecule is CCC1CCCN1c1ccc(CNC(C)C)cc1C. The molecule has 0 radical (unpaired) electrons. The zero-order valence-corrected chi connectivity index (χ0v) is 12.9. The molecule has 1 aliphatic rings. The minimum Gasteiger partial charge on any atom is -0.368 e. The van der Waals surface area contributed by atoms with Crippen LogP contribution < -0.4 is 10.2 Å². The molecule has 0 aromatic heterocycles. The normalized spacial score (nSPS) is 19.4. The minimum atomic E-state index is 0.544. The van der Waals surface area contributed by atoms with Crippen LogP contribution in [0.4, 0.5) is 5.69 Å². The molecule has 2 heteroatoms. The second kappa shape index (κ2) is 6.42. The third-order valence-electron chi connectivity index (χ3n) is 4.13. The van der Waals surface area contributed by atoms with Crippen LogP contribution in [0.2, 0.25) is 0 Å². The van der Waals surface area contributed by atoms with Crippen LogP contribution in [0.3, 0.4) is 0 Å². The van der Waals surface area contributed by atoms with Crippen molar-refractivity contribution < 1.29 is 0 Å². The lowest BCUT2D eigenvalue weighted by molar-refractivity contribution is 0.588. The van der Waals surface area contributed by atoms with Gasteiger partial charge in [0.15, 0.2) is 0 Å². The zero-order valence-electron chi connectivity index (χ0n) is 12.9. The Bertz CT molecular complexity index is 412. The molecule has 1 saturated heterocycles. The van der Waals surface area contributed by atoms with E-state index in [1.54, 1.807) is 0 Å². The first-order chi connectivity index (χ1) is 9.11. The van der Waals surface area contributed by atoms with E-state index >= 15 is 0 Å². The van der Waals surface area contributed by atoms with Gasteiger partial charge in [0.05, 0.1) is 0 Å². The Hall–Kier alpha value is -1.02. The third-order valence-corrected chi connectivity index (χ3v) is 4.13. The fourth-order valence-corrected chi connectivity index (χ4v) is 3.05. The zero-order chi connectivity index (χ0) is 13.8. The molecule has 1 unspecified atom stereocenters. The van der Waals surface area contributed by atoms with Crippen molar-refractivity contribution in [3.05, 3.63) is 29.3 Å². The minimum absolute atomic E-state index is 0.544. The predicted octanol–water partition coefficient (Wildman–Crippen LogP) is 3.87. The average Bonchev–Trinajstić information content (AvgIpc) is 2.84. The van der Waals surface area contributed by atoms with Crippen LogP contribution in [0.5, 0.6) is 0 Å². The molecule has 1 aromatic rings. The van der Waals surface area contributed by atoms with Gasteiger partial charge in [0.25, 0.3) is 0 Å². The number of nitrogens with zero attached hydrogens (tertiary/aromatic N) is 1. The summed E-state index contributed by atoms with van der Waals surface area (Å²) in [5.74, 6) is 0. The van der Waals surface area contributed by atoms with Crippen LogP contribution in [0.25, 0.3) is 0 Å². The molecular weight excluding hydrogens is 232 g/mol. The second-order valence-electron chi connectivity index (χ2n) is 6.05. The maximum absolute atomic E-state index is 3.48. The molecule has 0 amide bonds. The molecule has 1 N–H and O–H groups in total. The van der Waals surface area contributed by atoms with Gasteiger partial charge in [0.2, 0.25) is 0 Å². The standard InChI is InChI=1S/C17H28N2/c1-5-16-7-6-10-19(16)17-9-8-15(11-14(17)4)12-18-13(2)3/h8-9,11,13,16,18H,5-7,10,12H2,1-4H3. The lowest BCUT2D eigenvalue weighted by atomic mass is 10.1. The summed E-state index contributed by atoms with van der Waals surface area (Å²) < 4.78 is 0. The number of benzene rings is 1. The lowest BCUT2D eigenvalue weighted by Crippen LogP contribution is -2.29. The molecule has 0 bridgehead atoms. The largest absolute Gasteiger partial charge is 0.368 e. The Kier molecular flexibility index (Phi) is 4.87. The Morgan fingerprint density at radius 1 is 1.37 bits per heavy atom. The second-order valence-corrected chi connectivity index (χ2v) is 6.05. The van der Waals surface area contributed by atoms with Crippen molar-refractivity contribution in [2.45, 2.75) is 65.6 Å². The molecule has 1 aromatic carbocycles. The molecule has 0 spiro atoms. The summed E-state index contributed by atoms with van der Waals surface area (Å²) in [7, 11) is 0. The highest BCUT2D eigenvalue weighted by atomic mass is 15.2. The van der Waals surface area contributed by atoms with Gasteiger partial charge in [-0.05, 0) is 43.4 Å². The van der Waals surface area contributed by atoms with Gasteiger partial charge in [-0.25, -0.2) is 0 Å². The monoisotopic (exact) mass is 260 g/mol. The van der Waals surface area contributed by atoms with Crippen LogP contribution >= 0.6 is 0 Å². The van der Waals surface area contributed by atoms with Gasteiger partial charge in [-0.15, -0.1) is 0 Å². The van der Waals surface area contributed by atoms with Crippen molar-refractivity contribution in [2.24, 2.45) is 0 Å². The maximum atomic E-state index is 3.48. The summed E-state index contributed by atoms with van der Waals surface area (Å²) >= 11 is 0. The molecule has 1 atom stereocenters. The van der Waals surface area contributed by atoms with Crippen LogP contribution in [0.1, 0.15) is 51.2 Å². The van der Waals surface area contributed by atoms with Gasteiger partial charge in [0.1, 0.15) is 0 Å². The van der Waals surface area contributed by atoms with Crippen LogP contribution in [-0.2, 0) is 6.54 Å². The smallest absolute Gasteiger partial charge is 0.0398 e. The molecule has 0 aliphatic carbocycles. The van der Waals surface area contributed by atoms with Gasteiger partial charge >= 0.3 is 0 Å². The van der Waals surface area contributed by atoms with Crippen molar-refractivity contribution in [3.63, 3.8) is 0 Å². The van der Waals surface area contributed by atoms with E-state index in [0.29, 0.717) is 6.04 Å². The number of aryl methyl sites for hydroxylation is 1. The molecule has 2 rings (SSSR count). The summed E-state index contributed by atoms with van der Waals surface area (Å²) in [6.45, 7) is 11.1. The van der Waals surface area contributed by atoms with E-state index in [9.17, 15) is 0 Å². The molecule has 1 fully saturated rings. The first-order valence-corrected chi connectivity index (χ1v) is 7.71. The fraction of sp³-hybridized carbons (Fsp3) is 0.647. The van der Waals surface area contributed by atoms with Gasteiger partial charge in [-0.2, -0.15) is 0 Å². The summed E-state index contributed by atoms with van der Waals surface area (Å²) in [6.07, 6.45) is 3.96. The first-order valence-electron chi connectivity index (χ1n) is 7.71. The van der Waals surface area contributed by atoms with Crippen molar-refractivity contribution in [2.75, 3.05) is 11.4 Å². The van der Waals surface area contributed by atoms with Crippen LogP contribution in [-0.4, -0.2) is 18.6 Å². The van der Waals surface area contributed by atoms with Crippen molar-refractivity contribution >= 4 is 5.69 Å². The van der Waals surface area contributed by atoms with Crippen molar-refractivity contribution in [1.29, 1.82) is 0 Å². The van der Waals surface area contributed by atoms with E-state index < -0.39 is 0 Å². The van der Waals surface area contributed by atoms with E-state index in [4.69, 9.17) is 0 Å². The average molecular weight is 260 g/mol. The Balaban J connectivity index is 2.10. The highest BCUT2D eigenvalue weighted by Crippen LogP contribution is 2.30. The highest BCUT2D eigenvalue weighted by Gasteiger charge is 2.23. The Labute approximate surface area is 118 Å². The maximum Gasteiger partial charge on any atom is 0.0398 e. The molecular formula is C17H28N2. The fourth-order valence-electron chi connectivity index (χ4n) is 3.05. The third kappa shape index (κ3) is 3.50. The summed E-state index contributed by atoms with van der Waals surface area (Å²) in [4.78, 5) is 2.61. The van der Waals surface area contributed by atoms with Crippen molar-refractivity contribution in [1.82, 2.24) is 5.32 Å². The first kappa shape index (κ1) is 14.4. The van der Waals surface area contributed by atoms with E-state index in [2.05, 4.69) is 56.1 Å².